The number of H-pyrrole nitrogens is 1. The molecule has 5 rings (SSSR count). The quantitative estimate of drug-likeness (QED) is 0.657. The maximum absolute atomic E-state index is 14.0. The maximum Gasteiger partial charge on any atom is 0.256 e. The van der Waals surface area contributed by atoms with Crippen molar-refractivity contribution >= 4 is 5.91 Å². The first-order valence-electron chi connectivity index (χ1n) is 10.5. The molecule has 1 amide bonds. The summed E-state index contributed by atoms with van der Waals surface area (Å²) in [5.74, 6) is -1.90. The normalized spacial score (nSPS) is 17.5. The summed E-state index contributed by atoms with van der Waals surface area (Å²) in [4.78, 5) is 34.6. The van der Waals surface area contributed by atoms with Gasteiger partial charge in [-0.25, -0.2) is 13.8 Å². The second kappa shape index (κ2) is 7.63. The van der Waals surface area contributed by atoms with Crippen LogP contribution in [0.1, 0.15) is 47.2 Å². The van der Waals surface area contributed by atoms with Gasteiger partial charge in [-0.1, -0.05) is 36.4 Å². The van der Waals surface area contributed by atoms with E-state index in [4.69, 9.17) is 4.98 Å². The first kappa shape index (κ1) is 20.5. The number of halogens is 2. The van der Waals surface area contributed by atoms with E-state index in [1.54, 1.807) is 0 Å². The zero-order valence-electron chi connectivity index (χ0n) is 17.1. The first-order valence-corrected chi connectivity index (χ1v) is 10.5. The second-order valence-electron chi connectivity index (χ2n) is 8.37. The van der Waals surface area contributed by atoms with Crippen molar-refractivity contribution in [3.05, 3.63) is 98.7 Å². The van der Waals surface area contributed by atoms with Gasteiger partial charge in [0.2, 0.25) is 0 Å². The lowest BCUT2D eigenvalue weighted by Crippen LogP contribution is -2.42. The molecule has 1 aliphatic carbocycles. The third-order valence-electron chi connectivity index (χ3n) is 6.40. The van der Waals surface area contributed by atoms with E-state index in [1.165, 1.54) is 4.90 Å². The predicted molar refractivity (Wildman–Crippen MR) is 112 cm³/mol. The van der Waals surface area contributed by atoms with Crippen LogP contribution in [0, 0.1) is 11.6 Å². The van der Waals surface area contributed by atoms with Crippen LogP contribution in [0.25, 0.3) is 0 Å². The standard InChI is InChI=1S/C24H21F2N3O3/c25-15-6-7-16(18(26)12-15)20(30)22(32)29-11-8-19-17(13-29)21(31)28-23(27-19)24(9-10-24)14-4-2-1-3-5-14/h1-7,12,20,30H,8-11,13H2,(H,27,28,31). The summed E-state index contributed by atoms with van der Waals surface area (Å²) in [7, 11) is 0. The highest BCUT2D eigenvalue weighted by Crippen LogP contribution is 2.51. The van der Waals surface area contributed by atoms with Gasteiger partial charge in [-0.3, -0.25) is 9.59 Å². The molecule has 6 nitrogen and oxygen atoms in total. The van der Waals surface area contributed by atoms with Crippen molar-refractivity contribution < 1.29 is 18.7 Å². The fraction of sp³-hybridized carbons (Fsp3) is 0.292. The van der Waals surface area contributed by atoms with Gasteiger partial charge in [0.1, 0.15) is 17.5 Å². The van der Waals surface area contributed by atoms with Crippen LogP contribution in [0.4, 0.5) is 8.78 Å². The van der Waals surface area contributed by atoms with Crippen LogP contribution in [0.5, 0.6) is 0 Å². The SMILES string of the molecule is O=C(C(O)c1ccc(F)cc1F)N1CCc2nc(C3(c4ccccc4)CC3)[nH]c(=O)c2C1. The first-order chi connectivity index (χ1) is 15.4. The molecule has 164 valence electrons. The lowest BCUT2D eigenvalue weighted by molar-refractivity contribution is -0.141. The van der Waals surface area contributed by atoms with Crippen LogP contribution in [0.15, 0.2) is 53.3 Å². The molecule has 1 unspecified atom stereocenters. The van der Waals surface area contributed by atoms with E-state index in [0.29, 0.717) is 29.6 Å². The monoisotopic (exact) mass is 437 g/mol. The predicted octanol–water partition coefficient (Wildman–Crippen LogP) is 2.75. The van der Waals surface area contributed by atoms with Crippen LogP contribution in [-0.2, 0) is 23.2 Å². The van der Waals surface area contributed by atoms with Gasteiger partial charge in [0.15, 0.2) is 6.10 Å². The Morgan fingerprint density at radius 2 is 1.91 bits per heavy atom. The number of nitrogens with zero attached hydrogens (tertiary/aromatic N) is 2. The molecule has 2 N–H and O–H groups in total. The molecule has 0 saturated heterocycles. The molecule has 0 spiro atoms. The Morgan fingerprint density at radius 3 is 2.59 bits per heavy atom. The number of carbonyl (C=O) groups is 1. The van der Waals surface area contributed by atoms with Crippen molar-refractivity contribution in [1.82, 2.24) is 14.9 Å². The molecule has 0 radical (unpaired) electrons. The lowest BCUT2D eigenvalue weighted by atomic mass is 9.94. The molecular weight excluding hydrogens is 416 g/mol. The molecule has 1 aromatic heterocycles. The summed E-state index contributed by atoms with van der Waals surface area (Å²) in [6, 6.07) is 12.6. The Bertz CT molecular complexity index is 1260. The third-order valence-corrected chi connectivity index (χ3v) is 6.40. The molecule has 1 aliphatic heterocycles. The van der Waals surface area contributed by atoms with E-state index in [1.807, 2.05) is 30.3 Å². The van der Waals surface area contributed by atoms with Gasteiger partial charge in [0, 0.05) is 24.6 Å². The minimum atomic E-state index is -1.78. The van der Waals surface area contributed by atoms with Gasteiger partial charge in [-0.2, -0.15) is 0 Å². The molecule has 2 aliphatic rings. The van der Waals surface area contributed by atoms with Crippen molar-refractivity contribution in [1.29, 1.82) is 0 Å². The lowest BCUT2D eigenvalue weighted by Gasteiger charge is -2.30. The molecule has 2 aromatic carbocycles. The van der Waals surface area contributed by atoms with Gasteiger partial charge in [-0.05, 0) is 24.5 Å². The fourth-order valence-corrected chi connectivity index (χ4v) is 4.41. The topological polar surface area (TPSA) is 86.3 Å². The van der Waals surface area contributed by atoms with Crippen molar-refractivity contribution in [3.63, 3.8) is 0 Å². The largest absolute Gasteiger partial charge is 0.378 e. The summed E-state index contributed by atoms with van der Waals surface area (Å²) in [6.07, 6.45) is 0.371. The number of aliphatic hydroxyl groups is 1. The zero-order chi connectivity index (χ0) is 22.5. The average molecular weight is 437 g/mol. The summed E-state index contributed by atoms with van der Waals surface area (Å²) < 4.78 is 27.1. The van der Waals surface area contributed by atoms with E-state index in [9.17, 15) is 23.5 Å². The number of hydrogen-bond donors (Lipinski definition) is 2. The van der Waals surface area contributed by atoms with E-state index in [2.05, 4.69) is 4.98 Å². The molecule has 1 fully saturated rings. The van der Waals surface area contributed by atoms with Crippen LogP contribution >= 0.6 is 0 Å². The number of aromatic nitrogens is 2. The van der Waals surface area contributed by atoms with Crippen LogP contribution in [0.2, 0.25) is 0 Å². The number of fused-ring (bicyclic) bond motifs is 1. The third kappa shape index (κ3) is 3.40. The minimum absolute atomic E-state index is 0.0327. The van der Waals surface area contributed by atoms with Gasteiger partial charge in [0.25, 0.3) is 11.5 Å². The summed E-state index contributed by atoms with van der Waals surface area (Å²) in [6.45, 7) is 0.203. The number of carbonyl (C=O) groups excluding carboxylic acids is 1. The number of hydrogen-bond acceptors (Lipinski definition) is 4. The Balaban J connectivity index is 1.40. The smallest absolute Gasteiger partial charge is 0.256 e. The summed E-state index contributed by atoms with van der Waals surface area (Å²) >= 11 is 0. The molecular formula is C24H21F2N3O3. The number of rotatable bonds is 4. The highest BCUT2D eigenvalue weighted by molar-refractivity contribution is 5.82. The number of amides is 1. The van der Waals surface area contributed by atoms with E-state index >= 15 is 0 Å². The fourth-order valence-electron chi connectivity index (χ4n) is 4.41. The van der Waals surface area contributed by atoms with E-state index in [0.717, 1.165) is 30.5 Å². The van der Waals surface area contributed by atoms with Gasteiger partial charge in [0.05, 0.1) is 23.2 Å². The van der Waals surface area contributed by atoms with Crippen molar-refractivity contribution in [2.45, 2.75) is 37.3 Å². The number of aromatic amines is 1. The Kier molecular flexibility index (Phi) is 4.89. The highest BCUT2D eigenvalue weighted by atomic mass is 19.1. The van der Waals surface area contributed by atoms with Gasteiger partial charge < -0.3 is 15.0 Å². The van der Waals surface area contributed by atoms with Crippen molar-refractivity contribution in [2.75, 3.05) is 6.54 Å². The Labute approximate surface area is 182 Å². The Morgan fingerprint density at radius 1 is 1.16 bits per heavy atom. The molecule has 0 bridgehead atoms. The van der Waals surface area contributed by atoms with E-state index < -0.39 is 23.6 Å². The van der Waals surface area contributed by atoms with Crippen molar-refractivity contribution in [2.24, 2.45) is 0 Å². The minimum Gasteiger partial charge on any atom is -0.378 e. The van der Waals surface area contributed by atoms with Crippen LogP contribution in [-0.4, -0.2) is 32.4 Å². The van der Waals surface area contributed by atoms with Crippen LogP contribution in [0.3, 0.4) is 0 Å². The second-order valence-corrected chi connectivity index (χ2v) is 8.37. The molecule has 1 saturated carbocycles. The zero-order valence-corrected chi connectivity index (χ0v) is 17.1. The van der Waals surface area contributed by atoms with Crippen LogP contribution < -0.4 is 5.56 Å². The molecule has 1 atom stereocenters. The molecule has 8 heteroatoms. The summed E-state index contributed by atoms with van der Waals surface area (Å²) in [5, 5.41) is 10.4. The molecule has 32 heavy (non-hydrogen) atoms. The maximum atomic E-state index is 14.0. The number of aliphatic hydroxyl groups excluding tert-OH is 1. The average Bonchev–Trinajstić information content (AvgIpc) is 3.61. The van der Waals surface area contributed by atoms with Crippen molar-refractivity contribution in [3.8, 4) is 0 Å². The number of benzene rings is 2. The Hall–Kier alpha value is -3.39. The summed E-state index contributed by atoms with van der Waals surface area (Å²) in [5.41, 5.74) is 1.22. The molecule has 2 heterocycles. The van der Waals surface area contributed by atoms with Gasteiger partial charge in [-0.15, -0.1) is 0 Å². The highest BCUT2D eigenvalue weighted by Gasteiger charge is 2.48. The molecule has 3 aromatic rings. The van der Waals surface area contributed by atoms with Gasteiger partial charge >= 0.3 is 0 Å². The number of nitrogens with one attached hydrogen (secondary N) is 1. The van der Waals surface area contributed by atoms with E-state index in [-0.39, 0.29) is 29.6 Å².